The van der Waals surface area contributed by atoms with Crippen LogP contribution in [0.1, 0.15) is 35.7 Å². The quantitative estimate of drug-likeness (QED) is 0.795. The number of aromatic nitrogens is 2. The van der Waals surface area contributed by atoms with Crippen molar-refractivity contribution in [1.82, 2.24) is 9.38 Å². The number of hydrogen-bond donors (Lipinski definition) is 1. The van der Waals surface area contributed by atoms with Gasteiger partial charge in [-0.3, -0.25) is 0 Å². The Kier molecular flexibility index (Phi) is 3.78. The van der Waals surface area contributed by atoms with Crippen LogP contribution >= 0.6 is 0 Å². The number of imidazole rings is 1. The minimum absolute atomic E-state index is 0.226. The van der Waals surface area contributed by atoms with E-state index in [1.165, 1.54) is 5.56 Å². The number of nitrogens with zero attached hydrogens (tertiary/aromatic N) is 2. The maximum Gasteiger partial charge on any atom is 0.337 e. The van der Waals surface area contributed by atoms with Gasteiger partial charge in [0.1, 0.15) is 11.4 Å². The van der Waals surface area contributed by atoms with Crippen molar-refractivity contribution < 1.29 is 14.6 Å². The molecule has 118 valence electrons. The van der Waals surface area contributed by atoms with E-state index >= 15 is 0 Å². The van der Waals surface area contributed by atoms with Gasteiger partial charge in [0.05, 0.1) is 18.4 Å². The molecule has 0 aliphatic carbocycles. The molecule has 1 aromatic carbocycles. The average Bonchev–Trinajstić information content (AvgIpc) is 2.96. The highest BCUT2D eigenvalue weighted by Gasteiger charge is 2.13. The van der Waals surface area contributed by atoms with E-state index in [2.05, 4.69) is 24.9 Å². The van der Waals surface area contributed by atoms with Crippen LogP contribution in [0.5, 0.6) is 5.75 Å². The fourth-order valence-electron chi connectivity index (χ4n) is 2.53. The maximum absolute atomic E-state index is 11.1. The van der Waals surface area contributed by atoms with Crippen LogP contribution in [0.15, 0.2) is 42.7 Å². The summed E-state index contributed by atoms with van der Waals surface area (Å²) < 4.78 is 7.17. The Morgan fingerprint density at radius 1 is 1.22 bits per heavy atom. The third kappa shape index (κ3) is 2.77. The lowest BCUT2D eigenvalue weighted by molar-refractivity contribution is 0.0696. The van der Waals surface area contributed by atoms with Crippen molar-refractivity contribution >= 4 is 11.6 Å². The zero-order valence-corrected chi connectivity index (χ0v) is 13.3. The normalized spacial score (nSPS) is 11.1. The second kappa shape index (κ2) is 5.76. The van der Waals surface area contributed by atoms with E-state index in [4.69, 9.17) is 9.84 Å². The number of carboxylic acids is 1. The Morgan fingerprint density at radius 3 is 2.65 bits per heavy atom. The van der Waals surface area contributed by atoms with Crippen LogP contribution in [-0.4, -0.2) is 27.6 Å². The van der Waals surface area contributed by atoms with Gasteiger partial charge >= 0.3 is 5.97 Å². The molecule has 0 saturated heterocycles. The summed E-state index contributed by atoms with van der Waals surface area (Å²) in [6.07, 6.45) is 3.39. The second-order valence-corrected chi connectivity index (χ2v) is 5.73. The van der Waals surface area contributed by atoms with Gasteiger partial charge in [-0.2, -0.15) is 0 Å². The molecule has 0 spiro atoms. The molecule has 0 unspecified atom stereocenters. The molecular weight excluding hydrogens is 292 g/mol. The summed E-state index contributed by atoms with van der Waals surface area (Å²) in [5.74, 6) is 0.188. The number of carbonyl (C=O) groups is 1. The maximum atomic E-state index is 11.1. The van der Waals surface area contributed by atoms with E-state index < -0.39 is 5.97 Å². The van der Waals surface area contributed by atoms with E-state index in [1.807, 2.05) is 18.3 Å². The molecule has 0 bridgehead atoms. The van der Waals surface area contributed by atoms with Crippen molar-refractivity contribution in [3.05, 3.63) is 53.9 Å². The average molecular weight is 310 g/mol. The standard InChI is InChI=1S/C18H18N2O3/c1-11(2)12-4-6-16(23-3)14(8-12)15-10-20-9-13(18(21)22)5-7-17(20)19-15/h4-11H,1-3H3,(H,21,22). The minimum Gasteiger partial charge on any atom is -0.496 e. The van der Waals surface area contributed by atoms with Crippen LogP contribution in [0.3, 0.4) is 0 Å². The number of benzene rings is 1. The van der Waals surface area contributed by atoms with Gasteiger partial charge in [0.25, 0.3) is 0 Å². The molecule has 0 aliphatic heterocycles. The van der Waals surface area contributed by atoms with Crippen molar-refractivity contribution in [1.29, 1.82) is 0 Å². The number of carboxylic acid groups (broad SMARTS) is 1. The van der Waals surface area contributed by atoms with E-state index in [9.17, 15) is 4.79 Å². The topological polar surface area (TPSA) is 63.8 Å². The molecule has 5 nitrogen and oxygen atoms in total. The number of fused-ring (bicyclic) bond motifs is 1. The van der Waals surface area contributed by atoms with Gasteiger partial charge < -0.3 is 14.2 Å². The first kappa shape index (κ1) is 15.1. The van der Waals surface area contributed by atoms with Gasteiger partial charge in [-0.15, -0.1) is 0 Å². The zero-order valence-electron chi connectivity index (χ0n) is 13.3. The summed E-state index contributed by atoms with van der Waals surface area (Å²) in [6, 6.07) is 9.31. The van der Waals surface area contributed by atoms with Gasteiger partial charge in [-0.05, 0) is 35.7 Å². The third-order valence-corrected chi connectivity index (χ3v) is 3.86. The number of rotatable bonds is 4. The van der Waals surface area contributed by atoms with E-state index in [1.54, 1.807) is 29.8 Å². The lowest BCUT2D eigenvalue weighted by Crippen LogP contribution is -1.97. The minimum atomic E-state index is -0.957. The molecule has 3 rings (SSSR count). The lowest BCUT2D eigenvalue weighted by Gasteiger charge is -2.11. The number of methoxy groups -OCH3 is 1. The molecule has 0 radical (unpaired) electrons. The number of hydrogen-bond acceptors (Lipinski definition) is 3. The number of ether oxygens (including phenoxy) is 1. The highest BCUT2D eigenvalue weighted by atomic mass is 16.5. The molecule has 3 aromatic rings. The summed E-state index contributed by atoms with van der Waals surface area (Å²) >= 11 is 0. The first-order valence-electron chi connectivity index (χ1n) is 7.40. The van der Waals surface area contributed by atoms with Crippen LogP contribution in [-0.2, 0) is 0 Å². The molecule has 5 heteroatoms. The Bertz CT molecular complexity index is 881. The smallest absolute Gasteiger partial charge is 0.337 e. The predicted molar refractivity (Wildman–Crippen MR) is 88.2 cm³/mol. The van der Waals surface area contributed by atoms with Crippen molar-refractivity contribution in [2.75, 3.05) is 7.11 Å². The van der Waals surface area contributed by atoms with Crippen molar-refractivity contribution in [2.24, 2.45) is 0 Å². The van der Waals surface area contributed by atoms with Gasteiger partial charge in [-0.1, -0.05) is 19.9 Å². The number of pyridine rings is 1. The Labute approximate surface area is 134 Å². The van der Waals surface area contributed by atoms with Crippen LogP contribution < -0.4 is 4.74 Å². The summed E-state index contributed by atoms with van der Waals surface area (Å²) in [5.41, 5.74) is 3.78. The largest absolute Gasteiger partial charge is 0.496 e. The molecule has 23 heavy (non-hydrogen) atoms. The van der Waals surface area contributed by atoms with Crippen molar-refractivity contribution in [3.8, 4) is 17.0 Å². The van der Waals surface area contributed by atoms with E-state index in [0.717, 1.165) is 17.0 Å². The molecule has 0 saturated carbocycles. The highest BCUT2D eigenvalue weighted by molar-refractivity contribution is 5.87. The Hall–Kier alpha value is -2.82. The molecule has 0 atom stereocenters. The second-order valence-electron chi connectivity index (χ2n) is 5.73. The fourth-order valence-corrected chi connectivity index (χ4v) is 2.53. The molecule has 0 amide bonds. The summed E-state index contributed by atoms with van der Waals surface area (Å²) in [5, 5.41) is 9.09. The molecular formula is C18H18N2O3. The molecule has 2 heterocycles. The zero-order chi connectivity index (χ0) is 16.6. The fraction of sp³-hybridized carbons (Fsp3) is 0.222. The van der Waals surface area contributed by atoms with E-state index in [0.29, 0.717) is 11.6 Å². The molecule has 0 aliphatic rings. The van der Waals surface area contributed by atoms with E-state index in [-0.39, 0.29) is 5.56 Å². The first-order chi connectivity index (χ1) is 11.0. The first-order valence-corrected chi connectivity index (χ1v) is 7.40. The summed E-state index contributed by atoms with van der Waals surface area (Å²) in [4.78, 5) is 15.7. The van der Waals surface area contributed by atoms with Crippen LogP contribution in [0, 0.1) is 0 Å². The lowest BCUT2D eigenvalue weighted by atomic mass is 9.99. The van der Waals surface area contributed by atoms with Crippen molar-refractivity contribution in [3.63, 3.8) is 0 Å². The molecule has 1 N–H and O–H groups in total. The highest BCUT2D eigenvalue weighted by Crippen LogP contribution is 2.32. The monoisotopic (exact) mass is 310 g/mol. The summed E-state index contributed by atoms with van der Waals surface area (Å²) in [6.45, 7) is 4.27. The predicted octanol–water partition coefficient (Wildman–Crippen LogP) is 3.83. The van der Waals surface area contributed by atoms with Crippen LogP contribution in [0.4, 0.5) is 0 Å². The molecule has 0 fully saturated rings. The Morgan fingerprint density at radius 2 is 2.00 bits per heavy atom. The number of aromatic carboxylic acids is 1. The van der Waals surface area contributed by atoms with Gasteiger partial charge in [-0.25, -0.2) is 9.78 Å². The Balaban J connectivity index is 2.15. The van der Waals surface area contributed by atoms with Crippen LogP contribution in [0.2, 0.25) is 0 Å². The van der Waals surface area contributed by atoms with Gasteiger partial charge in [0.15, 0.2) is 0 Å². The summed E-state index contributed by atoms with van der Waals surface area (Å²) in [7, 11) is 1.63. The molecule has 2 aromatic heterocycles. The van der Waals surface area contributed by atoms with Crippen LogP contribution in [0.25, 0.3) is 16.9 Å². The van der Waals surface area contributed by atoms with Crippen molar-refractivity contribution in [2.45, 2.75) is 19.8 Å². The van der Waals surface area contributed by atoms with Gasteiger partial charge in [0, 0.05) is 18.0 Å². The SMILES string of the molecule is COc1ccc(C(C)C)cc1-c1cn2cc(C(=O)O)ccc2n1. The third-order valence-electron chi connectivity index (χ3n) is 3.86. The van der Waals surface area contributed by atoms with Gasteiger partial charge in [0.2, 0.25) is 0 Å².